The highest BCUT2D eigenvalue weighted by Crippen LogP contribution is 2.36. The highest BCUT2D eigenvalue weighted by molar-refractivity contribution is 6.55. The molecule has 1 aromatic rings. The van der Waals surface area contributed by atoms with Gasteiger partial charge in [0.15, 0.2) is 0 Å². The number of benzene rings is 1. The number of carbonyl (C=O) groups excluding carboxylic acids is 2. The lowest BCUT2D eigenvalue weighted by atomic mass is 10.1. The van der Waals surface area contributed by atoms with Crippen molar-refractivity contribution in [3.63, 3.8) is 0 Å². The number of Topliss-reactive ketones (excluding diaryl/α,β-unsaturated/α-hetero) is 1. The molecule has 1 amide bonds. The van der Waals surface area contributed by atoms with E-state index in [0.717, 1.165) is 11.0 Å². The van der Waals surface area contributed by atoms with Gasteiger partial charge >= 0.3 is 0 Å². The van der Waals surface area contributed by atoms with Gasteiger partial charge in [0.1, 0.15) is 5.82 Å². The zero-order chi connectivity index (χ0) is 13.3. The number of unbranched alkanes of at least 4 members (excludes halogenated alkanes) is 1. The summed E-state index contributed by atoms with van der Waals surface area (Å²) in [6.07, 6.45) is 0.608. The summed E-state index contributed by atoms with van der Waals surface area (Å²) < 4.78 is 13.7. The van der Waals surface area contributed by atoms with Gasteiger partial charge in [0.2, 0.25) is 0 Å². The third-order valence-electron chi connectivity index (χ3n) is 2.68. The van der Waals surface area contributed by atoms with Gasteiger partial charge in [0.05, 0.1) is 22.3 Å². The van der Waals surface area contributed by atoms with Gasteiger partial charge in [-0.15, -0.1) is 0 Å². The van der Waals surface area contributed by atoms with E-state index in [4.69, 9.17) is 16.9 Å². The second kappa shape index (κ2) is 4.75. The minimum Gasteiger partial charge on any atom is -0.302 e. The average molecular weight is 267 g/mol. The van der Waals surface area contributed by atoms with Crippen LogP contribution in [0.4, 0.5) is 10.1 Å². The van der Waals surface area contributed by atoms with Gasteiger partial charge in [-0.3, -0.25) is 9.59 Å². The first kappa shape index (κ1) is 12.5. The zero-order valence-electron chi connectivity index (χ0n) is 9.24. The van der Waals surface area contributed by atoms with Gasteiger partial charge < -0.3 is 4.90 Å². The zero-order valence-corrected chi connectivity index (χ0v) is 10.00. The van der Waals surface area contributed by atoms with Crippen LogP contribution >= 0.6 is 11.6 Å². The number of halogens is 2. The number of hydrogen-bond donors (Lipinski definition) is 0. The fourth-order valence-corrected chi connectivity index (χ4v) is 2.12. The van der Waals surface area contributed by atoms with Crippen LogP contribution in [0.25, 0.3) is 0 Å². The van der Waals surface area contributed by atoms with E-state index in [1.165, 1.54) is 6.07 Å². The summed E-state index contributed by atoms with van der Waals surface area (Å²) in [5.74, 6) is -2.26. The summed E-state index contributed by atoms with van der Waals surface area (Å²) in [4.78, 5) is 24.5. The number of hydrogen-bond acceptors (Lipinski definition) is 3. The number of ketones is 1. The molecule has 0 N–H and O–H groups in total. The maximum absolute atomic E-state index is 13.7. The predicted molar refractivity (Wildman–Crippen MR) is 62.9 cm³/mol. The number of fused-ring (bicyclic) bond motifs is 1. The molecule has 0 unspecified atom stereocenters. The molecule has 0 radical (unpaired) electrons. The smallest absolute Gasteiger partial charge is 0.299 e. The molecule has 18 heavy (non-hydrogen) atoms. The van der Waals surface area contributed by atoms with Crippen LogP contribution in [0.1, 0.15) is 23.2 Å². The minimum atomic E-state index is -0.800. The van der Waals surface area contributed by atoms with E-state index in [0.29, 0.717) is 6.42 Å². The molecular formula is C12H8ClFN2O2. The predicted octanol–water partition coefficient (Wildman–Crippen LogP) is 2.31. The van der Waals surface area contributed by atoms with Crippen LogP contribution in [0, 0.1) is 17.1 Å². The lowest BCUT2D eigenvalue weighted by Crippen LogP contribution is -2.31. The Morgan fingerprint density at radius 2 is 2.11 bits per heavy atom. The maximum Gasteiger partial charge on any atom is 0.299 e. The number of nitriles is 1. The van der Waals surface area contributed by atoms with E-state index in [-0.39, 0.29) is 29.2 Å². The fourth-order valence-electron chi connectivity index (χ4n) is 1.88. The Morgan fingerprint density at radius 1 is 1.39 bits per heavy atom. The Balaban J connectivity index is 2.42. The van der Waals surface area contributed by atoms with Gasteiger partial charge in [-0.25, -0.2) is 4.39 Å². The topological polar surface area (TPSA) is 61.2 Å². The van der Waals surface area contributed by atoms with E-state index in [2.05, 4.69) is 0 Å². The highest BCUT2D eigenvalue weighted by Gasteiger charge is 2.39. The standard InChI is InChI=1S/C12H8ClFN2O2/c13-7-3-4-8(14)10-9(7)11(17)12(18)16(10)6-2-1-5-15/h3-4H,1-2,6H2. The van der Waals surface area contributed by atoms with Crippen LogP contribution in [0.5, 0.6) is 0 Å². The summed E-state index contributed by atoms with van der Waals surface area (Å²) in [5, 5.41) is 8.50. The van der Waals surface area contributed by atoms with E-state index < -0.39 is 17.5 Å². The molecule has 2 rings (SSSR count). The number of nitrogens with zero attached hydrogens (tertiary/aromatic N) is 2. The van der Waals surface area contributed by atoms with Crippen molar-refractivity contribution in [2.75, 3.05) is 11.4 Å². The molecule has 0 aliphatic carbocycles. The molecule has 1 aliphatic rings. The van der Waals surface area contributed by atoms with Crippen LogP contribution < -0.4 is 4.90 Å². The molecule has 0 bridgehead atoms. The number of anilines is 1. The third kappa shape index (κ3) is 1.85. The lowest BCUT2D eigenvalue weighted by molar-refractivity contribution is -0.114. The first-order valence-corrected chi connectivity index (χ1v) is 5.67. The lowest BCUT2D eigenvalue weighted by Gasteiger charge is -2.16. The van der Waals surface area contributed by atoms with Gasteiger partial charge in [0, 0.05) is 13.0 Å². The number of amides is 1. The molecule has 0 aromatic heterocycles. The van der Waals surface area contributed by atoms with Crippen molar-refractivity contribution in [3.05, 3.63) is 28.5 Å². The quantitative estimate of drug-likeness (QED) is 0.623. The molecule has 6 heteroatoms. The molecule has 0 saturated heterocycles. The second-order valence-corrected chi connectivity index (χ2v) is 4.21. The van der Waals surface area contributed by atoms with E-state index >= 15 is 0 Å². The van der Waals surface area contributed by atoms with Crippen molar-refractivity contribution < 1.29 is 14.0 Å². The van der Waals surface area contributed by atoms with Crippen molar-refractivity contribution in [1.82, 2.24) is 0 Å². The molecule has 1 aliphatic heterocycles. The summed E-state index contributed by atoms with van der Waals surface area (Å²) in [6.45, 7) is 0.127. The minimum absolute atomic E-state index is 0.0625. The van der Waals surface area contributed by atoms with Gasteiger partial charge in [-0.2, -0.15) is 5.26 Å². The van der Waals surface area contributed by atoms with Crippen molar-refractivity contribution in [1.29, 1.82) is 5.26 Å². The van der Waals surface area contributed by atoms with Crippen LogP contribution in [-0.2, 0) is 4.79 Å². The normalized spacial score (nSPS) is 13.7. The Labute approximate surface area is 108 Å². The molecule has 1 aromatic carbocycles. The monoisotopic (exact) mass is 266 g/mol. The Morgan fingerprint density at radius 3 is 2.78 bits per heavy atom. The van der Waals surface area contributed by atoms with Gasteiger partial charge in [-0.05, 0) is 18.6 Å². The highest BCUT2D eigenvalue weighted by atomic mass is 35.5. The van der Waals surface area contributed by atoms with E-state index in [1.54, 1.807) is 0 Å². The number of carbonyl (C=O) groups is 2. The van der Waals surface area contributed by atoms with Crippen LogP contribution in [0.2, 0.25) is 5.02 Å². The Bertz CT molecular complexity index is 580. The van der Waals surface area contributed by atoms with Gasteiger partial charge in [-0.1, -0.05) is 11.6 Å². The van der Waals surface area contributed by atoms with Crippen molar-refractivity contribution in [2.45, 2.75) is 12.8 Å². The number of rotatable bonds is 3. The average Bonchev–Trinajstić information content (AvgIpc) is 2.60. The molecule has 0 atom stereocenters. The van der Waals surface area contributed by atoms with Crippen molar-refractivity contribution >= 4 is 29.0 Å². The van der Waals surface area contributed by atoms with Crippen LogP contribution in [-0.4, -0.2) is 18.2 Å². The molecule has 1 heterocycles. The molecule has 0 saturated carbocycles. The first-order valence-electron chi connectivity index (χ1n) is 5.29. The third-order valence-corrected chi connectivity index (χ3v) is 3.00. The summed E-state index contributed by atoms with van der Waals surface area (Å²) >= 11 is 5.81. The molecule has 4 nitrogen and oxygen atoms in total. The first-order chi connectivity index (χ1) is 8.57. The van der Waals surface area contributed by atoms with Crippen LogP contribution in [0.15, 0.2) is 12.1 Å². The second-order valence-electron chi connectivity index (χ2n) is 3.80. The van der Waals surface area contributed by atoms with Crippen LogP contribution in [0.3, 0.4) is 0 Å². The van der Waals surface area contributed by atoms with Gasteiger partial charge in [0.25, 0.3) is 11.7 Å². The van der Waals surface area contributed by atoms with E-state index in [1.807, 2.05) is 6.07 Å². The Kier molecular flexibility index (Phi) is 3.30. The fraction of sp³-hybridized carbons (Fsp3) is 0.250. The molecule has 0 spiro atoms. The summed E-state index contributed by atoms with van der Waals surface area (Å²) in [7, 11) is 0. The summed E-state index contributed by atoms with van der Waals surface area (Å²) in [6, 6.07) is 4.29. The van der Waals surface area contributed by atoms with Crippen molar-refractivity contribution in [2.24, 2.45) is 0 Å². The van der Waals surface area contributed by atoms with Crippen molar-refractivity contribution in [3.8, 4) is 6.07 Å². The summed E-state index contributed by atoms with van der Waals surface area (Å²) in [5.41, 5.74) is -0.158. The van der Waals surface area contributed by atoms with E-state index in [9.17, 15) is 14.0 Å². The molecule has 92 valence electrons. The SMILES string of the molecule is N#CCCCN1C(=O)C(=O)c2c(Cl)ccc(F)c21. The largest absolute Gasteiger partial charge is 0.302 e. The molecular weight excluding hydrogens is 259 g/mol. The Hall–Kier alpha value is -1.93. The molecule has 0 fully saturated rings. The maximum atomic E-state index is 13.7.